The van der Waals surface area contributed by atoms with Crippen molar-refractivity contribution in [2.45, 2.75) is 50.7 Å². The number of carbonyl (C=O) groups is 1. The number of rotatable bonds is 10. The van der Waals surface area contributed by atoms with Crippen LogP contribution in [0.1, 0.15) is 55.8 Å². The number of carboxylic acid groups (broad SMARTS) is 1. The lowest BCUT2D eigenvalue weighted by molar-refractivity contribution is -0.137. The first-order chi connectivity index (χ1) is 14.1. The van der Waals surface area contributed by atoms with Crippen LogP contribution in [0, 0.1) is 5.82 Å². The van der Waals surface area contributed by atoms with E-state index in [1.54, 1.807) is 12.1 Å². The van der Waals surface area contributed by atoms with E-state index in [1.165, 1.54) is 12.1 Å². The van der Waals surface area contributed by atoms with Crippen LogP contribution >= 0.6 is 0 Å². The van der Waals surface area contributed by atoms with Gasteiger partial charge in [-0.3, -0.25) is 4.79 Å². The van der Waals surface area contributed by atoms with Crippen molar-refractivity contribution in [1.29, 1.82) is 0 Å². The summed E-state index contributed by atoms with van der Waals surface area (Å²) in [5.74, 6) is -0.950. The zero-order chi connectivity index (χ0) is 20.5. The number of unbranched alkanes of at least 4 members (excludes halogenated alkanes) is 2. The average Bonchev–Trinajstić information content (AvgIpc) is 2.74. The third-order valence-electron chi connectivity index (χ3n) is 5.50. The van der Waals surface area contributed by atoms with Crippen LogP contribution in [0.15, 0.2) is 54.6 Å². The van der Waals surface area contributed by atoms with Gasteiger partial charge in [0.15, 0.2) is 0 Å². The van der Waals surface area contributed by atoms with E-state index in [4.69, 9.17) is 9.84 Å². The van der Waals surface area contributed by atoms with E-state index >= 15 is 0 Å². The third-order valence-corrected chi connectivity index (χ3v) is 5.50. The topological polar surface area (TPSA) is 49.8 Å². The zero-order valence-corrected chi connectivity index (χ0v) is 16.8. The van der Waals surface area contributed by atoms with Crippen LogP contribution in [-0.4, -0.2) is 41.7 Å². The van der Waals surface area contributed by atoms with Gasteiger partial charge in [-0.25, -0.2) is 4.39 Å². The van der Waals surface area contributed by atoms with Crippen LogP contribution in [0.5, 0.6) is 0 Å². The van der Waals surface area contributed by atoms with Crippen molar-refractivity contribution in [3.63, 3.8) is 0 Å². The van der Waals surface area contributed by atoms with Gasteiger partial charge in [0, 0.05) is 19.5 Å². The highest BCUT2D eigenvalue weighted by atomic mass is 19.1. The maximum atomic E-state index is 13.4. The molecule has 1 saturated heterocycles. The second-order valence-electron chi connectivity index (χ2n) is 7.72. The van der Waals surface area contributed by atoms with Crippen molar-refractivity contribution < 1.29 is 19.0 Å². The molecule has 0 saturated carbocycles. The molecule has 4 nitrogen and oxygen atoms in total. The zero-order valence-electron chi connectivity index (χ0n) is 16.8. The molecule has 0 aromatic heterocycles. The normalized spacial score (nSPS) is 16.6. The summed E-state index contributed by atoms with van der Waals surface area (Å²) in [6, 6.07) is 16.7. The first kappa shape index (κ1) is 21.5. The highest BCUT2D eigenvalue weighted by molar-refractivity contribution is 5.66. The van der Waals surface area contributed by atoms with E-state index in [9.17, 15) is 9.18 Å². The van der Waals surface area contributed by atoms with E-state index < -0.39 is 5.97 Å². The van der Waals surface area contributed by atoms with E-state index in [1.807, 2.05) is 18.2 Å². The molecule has 29 heavy (non-hydrogen) atoms. The summed E-state index contributed by atoms with van der Waals surface area (Å²) in [6.07, 6.45) is 4.95. The maximum absolute atomic E-state index is 13.4. The van der Waals surface area contributed by atoms with Gasteiger partial charge in [0.25, 0.3) is 0 Å². The molecule has 1 unspecified atom stereocenters. The maximum Gasteiger partial charge on any atom is 0.303 e. The van der Waals surface area contributed by atoms with E-state index in [-0.39, 0.29) is 24.4 Å². The van der Waals surface area contributed by atoms with Crippen molar-refractivity contribution >= 4 is 5.97 Å². The molecule has 1 N–H and O–H groups in total. The molecule has 0 bridgehead atoms. The summed E-state index contributed by atoms with van der Waals surface area (Å²) in [6.45, 7) is 3.01. The Bertz CT molecular complexity index is 742. The van der Waals surface area contributed by atoms with Gasteiger partial charge in [0.2, 0.25) is 0 Å². The van der Waals surface area contributed by atoms with Crippen LogP contribution in [0.3, 0.4) is 0 Å². The minimum atomic E-state index is -0.711. The molecule has 0 radical (unpaired) electrons. The molecule has 1 aliphatic rings. The molecule has 0 amide bonds. The molecule has 0 spiro atoms. The van der Waals surface area contributed by atoms with Gasteiger partial charge in [-0.15, -0.1) is 0 Å². The van der Waals surface area contributed by atoms with Crippen molar-refractivity contribution in [2.75, 3.05) is 19.6 Å². The van der Waals surface area contributed by atoms with Gasteiger partial charge in [-0.1, -0.05) is 48.9 Å². The van der Waals surface area contributed by atoms with Crippen LogP contribution in [0.25, 0.3) is 0 Å². The molecule has 156 valence electrons. The number of piperidine rings is 1. The molecule has 1 fully saturated rings. The lowest BCUT2D eigenvalue weighted by Crippen LogP contribution is -2.38. The number of likely N-dealkylation sites (tertiary alicyclic amines) is 1. The summed E-state index contributed by atoms with van der Waals surface area (Å²) < 4.78 is 19.9. The van der Waals surface area contributed by atoms with E-state index in [0.717, 1.165) is 62.9 Å². The second kappa shape index (κ2) is 11.1. The molecular formula is C24H30FNO3. The van der Waals surface area contributed by atoms with Crippen LogP contribution < -0.4 is 0 Å². The largest absolute Gasteiger partial charge is 0.481 e. The van der Waals surface area contributed by atoms with Crippen LogP contribution in [0.4, 0.5) is 4.39 Å². The number of halogens is 1. The fourth-order valence-corrected chi connectivity index (χ4v) is 3.86. The van der Waals surface area contributed by atoms with Gasteiger partial charge in [0.05, 0.1) is 6.10 Å². The highest BCUT2D eigenvalue weighted by Crippen LogP contribution is 2.30. The summed E-state index contributed by atoms with van der Waals surface area (Å²) in [4.78, 5) is 13.0. The minimum Gasteiger partial charge on any atom is -0.481 e. The Hall–Kier alpha value is -2.24. The van der Waals surface area contributed by atoms with Crippen molar-refractivity contribution in [3.05, 3.63) is 71.5 Å². The summed E-state index contributed by atoms with van der Waals surface area (Å²) in [5, 5.41) is 8.70. The standard InChI is InChI=1S/C24H30FNO3/c25-21-12-10-20(11-13-21)24(19-7-3-1-4-8-19)29-22-14-17-26(18-15-22)16-6-2-5-9-23(27)28/h1,3-4,7-8,10-13,22,24H,2,5-6,9,14-18H2,(H,27,28). The molecule has 5 heteroatoms. The summed E-state index contributed by atoms with van der Waals surface area (Å²) in [5.41, 5.74) is 2.05. The van der Waals surface area contributed by atoms with E-state index in [0.29, 0.717) is 0 Å². The predicted octanol–water partition coefficient (Wildman–Crippen LogP) is 5.04. The predicted molar refractivity (Wildman–Crippen MR) is 111 cm³/mol. The Morgan fingerprint density at radius 3 is 2.31 bits per heavy atom. The molecule has 1 atom stereocenters. The van der Waals surface area contributed by atoms with Gasteiger partial charge >= 0.3 is 5.97 Å². The molecule has 1 aliphatic heterocycles. The number of hydrogen-bond acceptors (Lipinski definition) is 3. The fraction of sp³-hybridized carbons (Fsp3) is 0.458. The molecule has 0 aliphatic carbocycles. The molecule has 2 aromatic carbocycles. The lowest BCUT2D eigenvalue weighted by atomic mass is 10.00. The molecule has 2 aromatic rings. The number of hydrogen-bond donors (Lipinski definition) is 1. The Kier molecular flexibility index (Phi) is 8.20. The van der Waals surface area contributed by atoms with Gasteiger partial charge in [-0.2, -0.15) is 0 Å². The quantitative estimate of drug-likeness (QED) is 0.569. The van der Waals surface area contributed by atoms with Crippen molar-refractivity contribution in [3.8, 4) is 0 Å². The first-order valence-corrected chi connectivity index (χ1v) is 10.5. The van der Waals surface area contributed by atoms with Crippen LogP contribution in [0.2, 0.25) is 0 Å². The van der Waals surface area contributed by atoms with Crippen molar-refractivity contribution in [1.82, 2.24) is 4.90 Å². The van der Waals surface area contributed by atoms with Crippen LogP contribution in [-0.2, 0) is 9.53 Å². The fourth-order valence-electron chi connectivity index (χ4n) is 3.86. The Balaban J connectivity index is 1.51. The molecule has 1 heterocycles. The van der Waals surface area contributed by atoms with Gasteiger partial charge < -0.3 is 14.7 Å². The third kappa shape index (κ3) is 6.94. The smallest absolute Gasteiger partial charge is 0.303 e. The first-order valence-electron chi connectivity index (χ1n) is 10.5. The van der Waals surface area contributed by atoms with Gasteiger partial charge in [0.1, 0.15) is 11.9 Å². The van der Waals surface area contributed by atoms with Gasteiger partial charge in [-0.05, 0) is 55.5 Å². The average molecular weight is 400 g/mol. The highest BCUT2D eigenvalue weighted by Gasteiger charge is 2.24. The number of benzene rings is 2. The Morgan fingerprint density at radius 2 is 1.66 bits per heavy atom. The number of ether oxygens (including phenoxy) is 1. The molecule has 3 rings (SSSR count). The minimum absolute atomic E-state index is 0.175. The SMILES string of the molecule is O=C(O)CCCCCN1CCC(OC(c2ccccc2)c2ccc(F)cc2)CC1. The number of carboxylic acids is 1. The number of nitrogens with zero attached hydrogens (tertiary/aromatic N) is 1. The Labute approximate surface area is 172 Å². The van der Waals surface area contributed by atoms with Crippen molar-refractivity contribution in [2.24, 2.45) is 0 Å². The monoisotopic (exact) mass is 399 g/mol. The lowest BCUT2D eigenvalue weighted by Gasteiger charge is -2.34. The molecular weight excluding hydrogens is 369 g/mol. The second-order valence-corrected chi connectivity index (χ2v) is 7.72. The Morgan fingerprint density at radius 1 is 1.00 bits per heavy atom. The summed E-state index contributed by atoms with van der Waals surface area (Å²) in [7, 11) is 0. The summed E-state index contributed by atoms with van der Waals surface area (Å²) >= 11 is 0. The van der Waals surface area contributed by atoms with E-state index in [2.05, 4.69) is 17.0 Å². The number of aliphatic carboxylic acids is 1.